The highest BCUT2D eigenvalue weighted by atomic mass is 32.2. The molecule has 0 amide bonds. The molecule has 1 aliphatic heterocycles. The van der Waals surface area contributed by atoms with Crippen LogP contribution in [0.4, 0.5) is 11.4 Å². The number of aromatic nitrogens is 2. The lowest BCUT2D eigenvalue weighted by Gasteiger charge is -2.29. The van der Waals surface area contributed by atoms with Gasteiger partial charge in [0.1, 0.15) is 5.75 Å². The zero-order chi connectivity index (χ0) is 28.6. The minimum Gasteiger partial charge on any atom is -0.494 e. The number of rotatable bonds is 8. The Kier molecular flexibility index (Phi) is 7.57. The van der Waals surface area contributed by atoms with E-state index < -0.39 is 10.0 Å². The number of anilines is 2. The Morgan fingerprint density at radius 1 is 1.05 bits per heavy atom. The van der Waals surface area contributed by atoms with Gasteiger partial charge in [-0.3, -0.25) is 9.71 Å². The summed E-state index contributed by atoms with van der Waals surface area (Å²) < 4.78 is 34.2. The first-order valence-corrected chi connectivity index (χ1v) is 15.4. The van der Waals surface area contributed by atoms with Gasteiger partial charge in [0.2, 0.25) is 10.0 Å². The Hall–Kier alpha value is -3.89. The molecule has 10 heteroatoms. The molecule has 1 saturated heterocycles. The van der Waals surface area contributed by atoms with Crippen molar-refractivity contribution in [3.8, 4) is 11.4 Å². The lowest BCUT2D eigenvalue weighted by Crippen LogP contribution is -2.29. The number of hydrogen-bond donors (Lipinski definition) is 2. The zero-order valence-electron chi connectivity index (χ0n) is 23.2. The summed E-state index contributed by atoms with van der Waals surface area (Å²) in [6, 6.07) is 21.6. The number of nitrogens with one attached hydrogen (secondary N) is 2. The normalized spacial score (nSPS) is 17.1. The molecule has 4 aromatic rings. The van der Waals surface area contributed by atoms with E-state index in [1.807, 2.05) is 24.3 Å². The summed E-state index contributed by atoms with van der Waals surface area (Å²) in [6.07, 6.45) is 3.88. The van der Waals surface area contributed by atoms with Gasteiger partial charge in [0, 0.05) is 35.0 Å². The van der Waals surface area contributed by atoms with Crippen LogP contribution < -0.4 is 19.7 Å². The third kappa shape index (κ3) is 5.29. The number of methoxy groups -OCH3 is 1. The quantitative estimate of drug-likeness (QED) is 0.264. The average Bonchev–Trinajstić information content (AvgIpc) is 3.43. The molecule has 0 saturated carbocycles. The minimum atomic E-state index is -3.48. The maximum atomic E-state index is 11.9. The van der Waals surface area contributed by atoms with Crippen LogP contribution in [0.1, 0.15) is 47.2 Å². The van der Waals surface area contributed by atoms with Crippen LogP contribution in [0.25, 0.3) is 5.69 Å². The Morgan fingerprint density at radius 2 is 1.77 bits per heavy atom. The molecule has 1 fully saturated rings. The van der Waals surface area contributed by atoms with E-state index in [2.05, 4.69) is 75.6 Å². The average molecular weight is 576 g/mol. The second-order valence-electron chi connectivity index (χ2n) is 9.94. The molecule has 2 N–H and O–H groups in total. The van der Waals surface area contributed by atoms with E-state index in [0.29, 0.717) is 16.5 Å². The molecule has 0 spiro atoms. The summed E-state index contributed by atoms with van der Waals surface area (Å²) in [7, 11) is -1.97. The molecule has 2 aromatic carbocycles. The first-order chi connectivity index (χ1) is 19.1. The van der Waals surface area contributed by atoms with E-state index in [1.165, 1.54) is 12.7 Å². The number of ether oxygens (including phenoxy) is 1. The molecule has 3 heterocycles. The van der Waals surface area contributed by atoms with Crippen LogP contribution >= 0.6 is 12.2 Å². The van der Waals surface area contributed by atoms with E-state index in [1.54, 1.807) is 18.3 Å². The Balaban J connectivity index is 1.65. The summed E-state index contributed by atoms with van der Waals surface area (Å²) in [4.78, 5) is 6.73. The largest absolute Gasteiger partial charge is 0.494 e. The van der Waals surface area contributed by atoms with Crippen LogP contribution in [0.2, 0.25) is 0 Å². The molecule has 0 unspecified atom stereocenters. The van der Waals surface area contributed by atoms with Gasteiger partial charge in [0.05, 0.1) is 36.8 Å². The van der Waals surface area contributed by atoms with Crippen LogP contribution in [0.3, 0.4) is 0 Å². The van der Waals surface area contributed by atoms with Crippen molar-refractivity contribution in [1.82, 2.24) is 14.9 Å². The lowest BCUT2D eigenvalue weighted by atomic mass is 9.96. The summed E-state index contributed by atoms with van der Waals surface area (Å²) >= 11 is 5.91. The Bertz CT molecular complexity index is 1650. The van der Waals surface area contributed by atoms with Crippen molar-refractivity contribution in [2.45, 2.75) is 39.3 Å². The van der Waals surface area contributed by atoms with E-state index in [9.17, 15) is 8.42 Å². The van der Waals surface area contributed by atoms with Gasteiger partial charge in [-0.25, -0.2) is 8.42 Å². The van der Waals surface area contributed by atoms with Crippen molar-refractivity contribution in [3.05, 3.63) is 101 Å². The third-order valence-corrected chi connectivity index (χ3v) is 8.15. The fourth-order valence-electron chi connectivity index (χ4n) is 5.43. The van der Waals surface area contributed by atoms with Gasteiger partial charge in [-0.2, -0.15) is 0 Å². The molecule has 0 radical (unpaired) electrons. The molecule has 2 atom stereocenters. The Labute approximate surface area is 241 Å². The number of pyridine rings is 1. The van der Waals surface area contributed by atoms with E-state index in [0.717, 1.165) is 46.7 Å². The maximum Gasteiger partial charge on any atom is 0.229 e. The second kappa shape index (κ2) is 10.9. The first-order valence-electron chi connectivity index (χ1n) is 13.1. The zero-order valence-corrected chi connectivity index (χ0v) is 24.8. The molecule has 8 nitrogen and oxygen atoms in total. The van der Waals surface area contributed by atoms with Gasteiger partial charge in [-0.15, -0.1) is 0 Å². The lowest BCUT2D eigenvalue weighted by molar-refractivity contribution is 0.417. The topological polar surface area (TPSA) is 88.5 Å². The van der Waals surface area contributed by atoms with E-state index >= 15 is 0 Å². The number of hydrogen-bond acceptors (Lipinski definition) is 5. The van der Waals surface area contributed by atoms with Gasteiger partial charge in [0.25, 0.3) is 0 Å². The van der Waals surface area contributed by atoms with Gasteiger partial charge in [-0.05, 0) is 86.1 Å². The van der Waals surface area contributed by atoms with Crippen molar-refractivity contribution in [2.24, 2.45) is 0 Å². The van der Waals surface area contributed by atoms with Crippen LogP contribution in [-0.4, -0.2) is 36.4 Å². The number of benzene rings is 2. The fraction of sp³-hybridized carbons (Fsp3) is 0.267. The second-order valence-corrected chi connectivity index (χ2v) is 12.1. The van der Waals surface area contributed by atoms with Crippen LogP contribution in [-0.2, 0) is 16.4 Å². The van der Waals surface area contributed by atoms with Crippen LogP contribution in [0.15, 0.2) is 72.9 Å². The monoisotopic (exact) mass is 575 g/mol. The number of nitrogens with zero attached hydrogens (tertiary/aromatic N) is 3. The maximum absolute atomic E-state index is 11.9. The van der Waals surface area contributed by atoms with Crippen molar-refractivity contribution in [3.63, 3.8) is 0 Å². The molecular weight excluding hydrogens is 542 g/mol. The molecular formula is C30H33N5O3S2. The SMILES string of the molecule is CCc1ccc(-n2c(C)cc([C@H]3[C@H](c4ccccn4)NC(=S)N3c3ccc(NS(C)(=O)=O)c(OC)c3)c2C)cc1. The highest BCUT2D eigenvalue weighted by Crippen LogP contribution is 2.45. The molecule has 1 aliphatic rings. The first kappa shape index (κ1) is 27.7. The van der Waals surface area contributed by atoms with Crippen LogP contribution in [0.5, 0.6) is 5.75 Å². The highest BCUT2D eigenvalue weighted by Gasteiger charge is 2.42. The third-order valence-electron chi connectivity index (χ3n) is 7.25. The number of thiocarbonyl (C=S) groups is 1. The predicted molar refractivity (Wildman–Crippen MR) is 164 cm³/mol. The molecule has 208 valence electrons. The van der Waals surface area contributed by atoms with Crippen molar-refractivity contribution < 1.29 is 13.2 Å². The summed E-state index contributed by atoms with van der Waals surface area (Å²) in [6.45, 7) is 6.39. The molecule has 0 aliphatic carbocycles. The van der Waals surface area contributed by atoms with Crippen molar-refractivity contribution in [1.29, 1.82) is 0 Å². The number of sulfonamides is 1. The molecule has 0 bridgehead atoms. The van der Waals surface area contributed by atoms with Gasteiger partial charge in [0.15, 0.2) is 5.11 Å². The smallest absolute Gasteiger partial charge is 0.229 e. The summed E-state index contributed by atoms with van der Waals surface area (Å²) in [5, 5.41) is 4.05. The summed E-state index contributed by atoms with van der Waals surface area (Å²) in [5.41, 5.74) is 7.72. The highest BCUT2D eigenvalue weighted by molar-refractivity contribution is 7.92. The Morgan fingerprint density at radius 3 is 2.40 bits per heavy atom. The van der Waals surface area contributed by atoms with Crippen molar-refractivity contribution in [2.75, 3.05) is 23.0 Å². The summed E-state index contributed by atoms with van der Waals surface area (Å²) in [5.74, 6) is 0.396. The van der Waals surface area contributed by atoms with Crippen molar-refractivity contribution >= 4 is 38.7 Å². The molecule has 2 aromatic heterocycles. The number of aryl methyl sites for hydroxylation is 2. The minimum absolute atomic E-state index is 0.218. The van der Waals surface area contributed by atoms with E-state index in [-0.39, 0.29) is 12.1 Å². The molecule has 5 rings (SSSR count). The van der Waals surface area contributed by atoms with Gasteiger partial charge >= 0.3 is 0 Å². The molecule has 40 heavy (non-hydrogen) atoms. The fourth-order valence-corrected chi connectivity index (χ4v) is 6.34. The van der Waals surface area contributed by atoms with Crippen LogP contribution in [0, 0.1) is 13.8 Å². The van der Waals surface area contributed by atoms with E-state index in [4.69, 9.17) is 17.0 Å². The standard InChI is InChI=1S/C30H33N5O3S2/c1-6-21-10-12-22(13-11-21)34-19(2)17-24(20(34)3)29-28(26-9-7-8-16-31-26)32-30(39)35(29)23-14-15-25(27(18-23)38-4)33-40(5,36)37/h7-18,28-29,33H,6H2,1-5H3,(H,32,39)/t28-,29-/m0/s1. The van der Waals surface area contributed by atoms with Gasteiger partial charge in [-0.1, -0.05) is 25.1 Å². The van der Waals surface area contributed by atoms with Gasteiger partial charge < -0.3 is 19.5 Å². The predicted octanol–water partition coefficient (Wildman–Crippen LogP) is 5.61.